The molecule has 0 amide bonds. The van der Waals surface area contributed by atoms with Gasteiger partial charge in [0.2, 0.25) is 0 Å². The Bertz CT molecular complexity index is 1020. The Morgan fingerprint density at radius 3 is 2.73 bits per heavy atom. The zero-order valence-corrected chi connectivity index (χ0v) is 17.6. The fourth-order valence-electron chi connectivity index (χ4n) is 3.90. The van der Waals surface area contributed by atoms with Crippen LogP contribution in [0.4, 0.5) is 10.1 Å². The second-order valence-corrected chi connectivity index (χ2v) is 7.71. The Kier molecular flexibility index (Phi) is 6.16. The Balaban J connectivity index is 1.37. The molecule has 0 bridgehead atoms. The van der Waals surface area contributed by atoms with Crippen LogP contribution in [-0.2, 0) is 6.54 Å². The molecular formula is C23H29FN6. The van der Waals surface area contributed by atoms with Crippen LogP contribution in [0.2, 0.25) is 0 Å². The predicted octanol–water partition coefficient (Wildman–Crippen LogP) is 3.51. The quantitative estimate of drug-likeness (QED) is 0.501. The molecule has 1 fully saturated rings. The summed E-state index contributed by atoms with van der Waals surface area (Å²) in [6.45, 7) is 7.26. The summed E-state index contributed by atoms with van der Waals surface area (Å²) >= 11 is 0. The minimum Gasteiger partial charge on any atom is -0.371 e. The number of hydrogen-bond donors (Lipinski definition) is 2. The summed E-state index contributed by atoms with van der Waals surface area (Å²) in [7, 11) is 0. The number of fused-ring (bicyclic) bond motifs is 1. The summed E-state index contributed by atoms with van der Waals surface area (Å²) in [5, 5.41) is 6.90. The molecule has 7 heteroatoms. The number of anilines is 1. The van der Waals surface area contributed by atoms with Crippen LogP contribution in [0, 0.1) is 12.7 Å². The van der Waals surface area contributed by atoms with Crippen molar-refractivity contribution >= 4 is 17.3 Å². The number of aromatic nitrogens is 2. The van der Waals surface area contributed by atoms with E-state index in [0.717, 1.165) is 61.2 Å². The molecular weight excluding hydrogens is 379 g/mol. The molecule has 1 saturated heterocycles. The average Bonchev–Trinajstić information content (AvgIpc) is 3.17. The fraction of sp³-hybridized carbons (Fsp3) is 0.391. The van der Waals surface area contributed by atoms with Crippen molar-refractivity contribution in [3.63, 3.8) is 0 Å². The van der Waals surface area contributed by atoms with Crippen molar-refractivity contribution in [1.82, 2.24) is 20.0 Å². The van der Waals surface area contributed by atoms with E-state index in [-0.39, 0.29) is 5.82 Å². The highest BCUT2D eigenvalue weighted by molar-refractivity contribution is 5.80. The Morgan fingerprint density at radius 2 is 2.00 bits per heavy atom. The van der Waals surface area contributed by atoms with Crippen molar-refractivity contribution in [2.24, 2.45) is 4.99 Å². The van der Waals surface area contributed by atoms with Crippen molar-refractivity contribution in [2.75, 3.05) is 24.5 Å². The molecule has 4 rings (SSSR count). The van der Waals surface area contributed by atoms with Crippen molar-refractivity contribution in [2.45, 2.75) is 39.3 Å². The Hall–Kier alpha value is -3.09. The van der Waals surface area contributed by atoms with Crippen LogP contribution in [0.1, 0.15) is 31.2 Å². The standard InChI is InChI=1S/C23H29FN6/c1-3-25-23(26-15-20-16-30-17(2)6-4-9-22(30)27-20)28-19-10-12-29(13-11-19)21-8-5-7-18(24)14-21/h4-9,14,16,19H,3,10-13,15H2,1-2H3,(H2,25,26,28). The lowest BCUT2D eigenvalue weighted by Gasteiger charge is -2.34. The number of nitrogens with one attached hydrogen (secondary N) is 2. The van der Waals surface area contributed by atoms with Crippen LogP contribution in [0.5, 0.6) is 0 Å². The summed E-state index contributed by atoms with van der Waals surface area (Å²) in [6.07, 6.45) is 4.01. The van der Waals surface area contributed by atoms with Gasteiger partial charge in [-0.25, -0.2) is 14.4 Å². The van der Waals surface area contributed by atoms with Gasteiger partial charge in [0.25, 0.3) is 0 Å². The number of halogens is 1. The van der Waals surface area contributed by atoms with Crippen LogP contribution in [0.15, 0.2) is 53.7 Å². The molecule has 2 N–H and O–H groups in total. The first-order chi connectivity index (χ1) is 14.6. The first kappa shape index (κ1) is 20.2. The Labute approximate surface area is 176 Å². The molecule has 0 atom stereocenters. The molecule has 0 radical (unpaired) electrons. The maximum Gasteiger partial charge on any atom is 0.191 e. The second-order valence-electron chi connectivity index (χ2n) is 7.71. The first-order valence-electron chi connectivity index (χ1n) is 10.6. The number of guanidine groups is 1. The summed E-state index contributed by atoms with van der Waals surface area (Å²) in [4.78, 5) is 11.7. The van der Waals surface area contributed by atoms with Gasteiger partial charge in [-0.2, -0.15) is 0 Å². The molecule has 3 aromatic rings. The molecule has 1 aliphatic rings. The van der Waals surface area contributed by atoms with Gasteiger partial charge < -0.3 is 19.9 Å². The van der Waals surface area contributed by atoms with E-state index in [1.165, 1.54) is 6.07 Å². The lowest BCUT2D eigenvalue weighted by atomic mass is 10.0. The van der Waals surface area contributed by atoms with E-state index in [0.29, 0.717) is 12.6 Å². The van der Waals surface area contributed by atoms with E-state index in [9.17, 15) is 4.39 Å². The summed E-state index contributed by atoms with van der Waals surface area (Å²) in [5.74, 6) is 0.631. The molecule has 1 aromatic carbocycles. The normalized spacial score (nSPS) is 15.6. The third kappa shape index (κ3) is 4.72. The molecule has 2 aromatic heterocycles. The van der Waals surface area contributed by atoms with Gasteiger partial charge >= 0.3 is 0 Å². The average molecular weight is 409 g/mol. The van der Waals surface area contributed by atoms with Crippen LogP contribution in [-0.4, -0.2) is 41.0 Å². The van der Waals surface area contributed by atoms with E-state index < -0.39 is 0 Å². The van der Waals surface area contributed by atoms with Gasteiger partial charge in [-0.1, -0.05) is 12.1 Å². The van der Waals surface area contributed by atoms with E-state index >= 15 is 0 Å². The van der Waals surface area contributed by atoms with Crippen LogP contribution in [0.25, 0.3) is 5.65 Å². The van der Waals surface area contributed by atoms with E-state index in [1.807, 2.05) is 18.2 Å². The van der Waals surface area contributed by atoms with Crippen LogP contribution in [0.3, 0.4) is 0 Å². The molecule has 3 heterocycles. The zero-order chi connectivity index (χ0) is 20.9. The molecule has 1 aliphatic heterocycles. The summed E-state index contributed by atoms with van der Waals surface area (Å²) < 4.78 is 15.6. The maximum atomic E-state index is 13.5. The fourth-order valence-corrected chi connectivity index (χ4v) is 3.90. The third-order valence-corrected chi connectivity index (χ3v) is 5.50. The number of nitrogens with zero attached hydrogens (tertiary/aromatic N) is 4. The maximum absolute atomic E-state index is 13.5. The zero-order valence-electron chi connectivity index (χ0n) is 17.6. The number of aliphatic imine (C=N–C) groups is 1. The van der Waals surface area contributed by atoms with E-state index in [4.69, 9.17) is 4.99 Å². The number of hydrogen-bond acceptors (Lipinski definition) is 3. The lowest BCUT2D eigenvalue weighted by molar-refractivity contribution is 0.461. The predicted molar refractivity (Wildman–Crippen MR) is 120 cm³/mol. The van der Waals surface area contributed by atoms with Crippen molar-refractivity contribution in [1.29, 1.82) is 0 Å². The van der Waals surface area contributed by atoms with Gasteiger partial charge in [-0.05, 0) is 57.0 Å². The van der Waals surface area contributed by atoms with Crippen LogP contribution < -0.4 is 15.5 Å². The molecule has 0 spiro atoms. The largest absolute Gasteiger partial charge is 0.371 e. The smallest absolute Gasteiger partial charge is 0.191 e. The molecule has 158 valence electrons. The Morgan fingerprint density at radius 1 is 1.20 bits per heavy atom. The lowest BCUT2D eigenvalue weighted by Crippen LogP contribution is -2.48. The molecule has 0 saturated carbocycles. The van der Waals surface area contributed by atoms with Gasteiger partial charge in [0, 0.05) is 43.3 Å². The third-order valence-electron chi connectivity index (χ3n) is 5.50. The van der Waals surface area contributed by atoms with Crippen molar-refractivity contribution < 1.29 is 4.39 Å². The van der Waals surface area contributed by atoms with E-state index in [2.05, 4.69) is 51.0 Å². The number of imidazole rings is 1. The van der Waals surface area contributed by atoms with Crippen molar-refractivity contribution in [3.8, 4) is 0 Å². The van der Waals surface area contributed by atoms with Gasteiger partial charge in [0.05, 0.1) is 12.2 Å². The number of aryl methyl sites for hydroxylation is 1. The van der Waals surface area contributed by atoms with Crippen LogP contribution >= 0.6 is 0 Å². The highest BCUT2D eigenvalue weighted by atomic mass is 19.1. The minimum absolute atomic E-state index is 0.184. The molecule has 0 aliphatic carbocycles. The van der Waals surface area contributed by atoms with Crippen molar-refractivity contribution in [3.05, 3.63) is 65.9 Å². The number of benzene rings is 1. The van der Waals surface area contributed by atoms with Gasteiger partial charge in [0.1, 0.15) is 11.5 Å². The highest BCUT2D eigenvalue weighted by Gasteiger charge is 2.20. The van der Waals surface area contributed by atoms with Gasteiger partial charge in [0.15, 0.2) is 5.96 Å². The SMILES string of the molecule is CCNC(=NCc1cn2c(C)cccc2n1)NC1CCN(c2cccc(F)c2)CC1. The first-order valence-corrected chi connectivity index (χ1v) is 10.6. The second kappa shape index (κ2) is 9.15. The topological polar surface area (TPSA) is 57.0 Å². The number of pyridine rings is 1. The summed E-state index contributed by atoms with van der Waals surface area (Å²) in [5.41, 5.74) is 4.01. The van der Waals surface area contributed by atoms with Gasteiger partial charge in [-0.3, -0.25) is 0 Å². The summed E-state index contributed by atoms with van der Waals surface area (Å²) in [6, 6.07) is 13.3. The molecule has 0 unspecified atom stereocenters. The molecule has 6 nitrogen and oxygen atoms in total. The van der Waals surface area contributed by atoms with Gasteiger partial charge in [-0.15, -0.1) is 0 Å². The number of rotatable bonds is 5. The molecule has 30 heavy (non-hydrogen) atoms. The number of piperidine rings is 1. The minimum atomic E-state index is -0.184. The van der Waals surface area contributed by atoms with E-state index in [1.54, 1.807) is 12.1 Å². The highest BCUT2D eigenvalue weighted by Crippen LogP contribution is 2.20. The monoisotopic (exact) mass is 408 g/mol.